The van der Waals surface area contributed by atoms with E-state index in [-0.39, 0.29) is 13.0 Å². The maximum atomic E-state index is 12.8. The number of hydrogen-bond donors (Lipinski definition) is 0. The predicted octanol–water partition coefficient (Wildman–Crippen LogP) is 2.82. The van der Waals surface area contributed by atoms with Crippen LogP contribution in [-0.2, 0) is 25.3 Å². The van der Waals surface area contributed by atoms with Gasteiger partial charge in [0.25, 0.3) is 0 Å². The Labute approximate surface area is 142 Å². The number of halogens is 4. The third kappa shape index (κ3) is 4.62. The van der Waals surface area contributed by atoms with Crippen LogP contribution in [0, 0.1) is 0 Å². The fourth-order valence-electron chi connectivity index (χ4n) is 2.66. The third-order valence-corrected chi connectivity index (χ3v) is 6.84. The van der Waals surface area contributed by atoms with Crippen molar-refractivity contribution in [1.82, 2.24) is 4.31 Å². The Morgan fingerprint density at radius 1 is 1.17 bits per heavy atom. The molecule has 0 aromatic heterocycles. The van der Waals surface area contributed by atoms with E-state index in [1.165, 1.54) is 0 Å². The highest BCUT2D eigenvalue weighted by molar-refractivity contribution is 8.13. The van der Waals surface area contributed by atoms with E-state index >= 15 is 0 Å². The largest absolute Gasteiger partial charge is 0.416 e. The molecule has 0 radical (unpaired) electrons. The van der Waals surface area contributed by atoms with Crippen LogP contribution in [0.25, 0.3) is 0 Å². The maximum absolute atomic E-state index is 12.8. The van der Waals surface area contributed by atoms with Gasteiger partial charge in [0.1, 0.15) is 0 Å². The Hall–Kier alpha value is -0.840. The van der Waals surface area contributed by atoms with E-state index in [0.29, 0.717) is 18.9 Å². The van der Waals surface area contributed by atoms with Crippen molar-refractivity contribution in [3.8, 4) is 0 Å². The molecule has 1 aliphatic rings. The minimum absolute atomic E-state index is 0.0374. The van der Waals surface area contributed by atoms with Crippen LogP contribution in [0.1, 0.15) is 24.8 Å². The minimum Gasteiger partial charge on any atom is -0.212 e. The lowest BCUT2D eigenvalue weighted by Crippen LogP contribution is -2.46. The van der Waals surface area contributed by atoms with E-state index in [4.69, 9.17) is 10.7 Å². The molecular formula is C13H15ClF3NO4S2. The predicted molar refractivity (Wildman–Crippen MR) is 82.6 cm³/mol. The number of benzene rings is 1. The summed E-state index contributed by atoms with van der Waals surface area (Å²) in [4.78, 5) is -0.517. The number of rotatable bonds is 4. The molecule has 1 fully saturated rings. The molecule has 1 unspecified atom stereocenters. The summed E-state index contributed by atoms with van der Waals surface area (Å²) in [7, 11) is -2.99. The fourth-order valence-corrected chi connectivity index (χ4v) is 5.73. The van der Waals surface area contributed by atoms with Crippen molar-refractivity contribution in [2.45, 2.75) is 36.4 Å². The molecule has 0 spiro atoms. The van der Waals surface area contributed by atoms with E-state index in [9.17, 15) is 30.0 Å². The zero-order valence-corrected chi connectivity index (χ0v) is 14.7. The Kier molecular flexibility index (Phi) is 5.53. The molecule has 2 rings (SSSR count). The van der Waals surface area contributed by atoms with Gasteiger partial charge in [0.05, 0.1) is 16.2 Å². The van der Waals surface area contributed by atoms with Crippen LogP contribution in [0.5, 0.6) is 0 Å². The maximum Gasteiger partial charge on any atom is 0.416 e. The normalized spacial score (nSPS) is 20.9. The first kappa shape index (κ1) is 19.5. The number of sulfonamides is 1. The second-order valence-electron chi connectivity index (χ2n) is 5.50. The van der Waals surface area contributed by atoms with Gasteiger partial charge in [-0.3, -0.25) is 0 Å². The van der Waals surface area contributed by atoms with Crippen LogP contribution in [-0.4, -0.2) is 39.5 Å². The second kappa shape index (κ2) is 6.81. The molecule has 1 aliphatic heterocycles. The lowest BCUT2D eigenvalue weighted by atomic mass is 10.1. The first-order chi connectivity index (χ1) is 10.9. The summed E-state index contributed by atoms with van der Waals surface area (Å²) in [5, 5.41) is 0. The van der Waals surface area contributed by atoms with Crippen LogP contribution in [0.4, 0.5) is 13.2 Å². The highest BCUT2D eigenvalue weighted by Crippen LogP contribution is 2.32. The van der Waals surface area contributed by atoms with Gasteiger partial charge in [0.2, 0.25) is 19.1 Å². The number of hydrogen-bond acceptors (Lipinski definition) is 4. The molecule has 11 heteroatoms. The van der Waals surface area contributed by atoms with Crippen molar-refractivity contribution < 1.29 is 30.0 Å². The highest BCUT2D eigenvalue weighted by Gasteiger charge is 2.37. The molecule has 136 valence electrons. The molecular weight excluding hydrogens is 391 g/mol. The van der Waals surface area contributed by atoms with E-state index in [1.54, 1.807) is 0 Å². The van der Waals surface area contributed by atoms with Crippen molar-refractivity contribution >= 4 is 29.8 Å². The van der Waals surface area contributed by atoms with Crippen LogP contribution < -0.4 is 0 Å². The molecule has 1 heterocycles. The lowest BCUT2D eigenvalue weighted by molar-refractivity contribution is -0.137. The molecule has 1 saturated heterocycles. The highest BCUT2D eigenvalue weighted by atomic mass is 35.7. The summed E-state index contributed by atoms with van der Waals surface area (Å²) in [6, 6.07) is 2.51. The smallest absolute Gasteiger partial charge is 0.212 e. The van der Waals surface area contributed by atoms with Crippen LogP contribution in [0.3, 0.4) is 0 Å². The summed E-state index contributed by atoms with van der Waals surface area (Å²) >= 11 is 0. The van der Waals surface area contributed by atoms with E-state index in [2.05, 4.69) is 0 Å². The Balaban J connectivity index is 2.41. The van der Waals surface area contributed by atoms with Gasteiger partial charge < -0.3 is 0 Å². The monoisotopic (exact) mass is 405 g/mol. The average Bonchev–Trinajstić information content (AvgIpc) is 2.45. The Morgan fingerprint density at radius 2 is 1.83 bits per heavy atom. The van der Waals surface area contributed by atoms with Crippen LogP contribution in [0.2, 0.25) is 0 Å². The summed E-state index contributed by atoms with van der Waals surface area (Å²) in [6.45, 7) is 0.0374. The van der Waals surface area contributed by atoms with Crippen molar-refractivity contribution in [2.24, 2.45) is 0 Å². The number of nitrogens with zero attached hydrogens (tertiary/aromatic N) is 1. The van der Waals surface area contributed by atoms with Gasteiger partial charge in [-0.25, -0.2) is 16.8 Å². The molecule has 0 amide bonds. The first-order valence-corrected chi connectivity index (χ1v) is 10.9. The van der Waals surface area contributed by atoms with Crippen molar-refractivity contribution in [3.05, 3.63) is 29.8 Å². The summed E-state index contributed by atoms with van der Waals surface area (Å²) < 4.78 is 87.3. The second-order valence-corrected chi connectivity index (χ2v) is 10.2. The lowest BCUT2D eigenvalue weighted by Gasteiger charge is -2.34. The fraction of sp³-hybridized carbons (Fsp3) is 0.538. The summed E-state index contributed by atoms with van der Waals surface area (Å²) in [5.41, 5.74) is -1.08. The SMILES string of the molecule is O=S(=O)(Cl)CC1CCCCN1S(=O)(=O)c1cccc(C(F)(F)F)c1. The standard InChI is InChI=1S/C13H15ClF3NO4S2/c14-23(19,20)9-11-5-1-2-7-18(11)24(21,22)12-6-3-4-10(8-12)13(15,16)17/h3-4,6,8,11H,1-2,5,7,9H2. The van der Waals surface area contributed by atoms with Gasteiger partial charge in [0.15, 0.2) is 0 Å². The van der Waals surface area contributed by atoms with Gasteiger partial charge in [-0.05, 0) is 31.0 Å². The molecule has 1 atom stereocenters. The average molecular weight is 406 g/mol. The van der Waals surface area contributed by atoms with E-state index < -0.39 is 47.5 Å². The van der Waals surface area contributed by atoms with E-state index in [0.717, 1.165) is 22.5 Å². The van der Waals surface area contributed by atoms with Crippen LogP contribution >= 0.6 is 10.7 Å². The molecule has 24 heavy (non-hydrogen) atoms. The summed E-state index contributed by atoms with van der Waals surface area (Å²) in [6.07, 6.45) is -3.28. The summed E-state index contributed by atoms with van der Waals surface area (Å²) in [5.74, 6) is -0.577. The number of alkyl halides is 3. The van der Waals surface area contributed by atoms with Gasteiger partial charge in [-0.2, -0.15) is 17.5 Å². The molecule has 0 N–H and O–H groups in total. The zero-order chi connectivity index (χ0) is 18.2. The van der Waals surface area contributed by atoms with Crippen molar-refractivity contribution in [2.75, 3.05) is 12.3 Å². The van der Waals surface area contributed by atoms with Gasteiger partial charge in [0, 0.05) is 23.3 Å². The molecule has 1 aromatic rings. The Morgan fingerprint density at radius 3 is 2.42 bits per heavy atom. The van der Waals surface area contributed by atoms with E-state index in [1.807, 2.05) is 0 Å². The molecule has 0 saturated carbocycles. The molecule has 1 aromatic carbocycles. The quantitative estimate of drug-likeness (QED) is 0.722. The minimum atomic E-state index is -4.67. The van der Waals surface area contributed by atoms with Gasteiger partial charge >= 0.3 is 6.18 Å². The molecule has 5 nitrogen and oxygen atoms in total. The van der Waals surface area contributed by atoms with Crippen molar-refractivity contribution in [1.29, 1.82) is 0 Å². The topological polar surface area (TPSA) is 71.5 Å². The van der Waals surface area contributed by atoms with Crippen molar-refractivity contribution in [3.63, 3.8) is 0 Å². The number of piperidine rings is 1. The molecule has 0 bridgehead atoms. The van der Waals surface area contributed by atoms with Crippen LogP contribution in [0.15, 0.2) is 29.2 Å². The zero-order valence-electron chi connectivity index (χ0n) is 12.3. The first-order valence-electron chi connectivity index (χ1n) is 7.03. The van der Waals surface area contributed by atoms with Gasteiger partial charge in [-0.1, -0.05) is 12.5 Å². The Bertz CT molecular complexity index is 809. The molecule has 0 aliphatic carbocycles. The third-order valence-electron chi connectivity index (χ3n) is 3.73. The van der Waals surface area contributed by atoms with Gasteiger partial charge in [-0.15, -0.1) is 0 Å².